The number of pyridine rings is 1. The summed E-state index contributed by atoms with van der Waals surface area (Å²) in [6.45, 7) is 5.98. The topological polar surface area (TPSA) is 46.4 Å². The Kier molecular flexibility index (Phi) is 3.67. The number of nitrogens with one attached hydrogen (secondary N) is 1. The van der Waals surface area contributed by atoms with Gasteiger partial charge >= 0.3 is 0 Å². The van der Waals surface area contributed by atoms with Crippen LogP contribution in [0.15, 0.2) is 31.0 Å². The van der Waals surface area contributed by atoms with Gasteiger partial charge < -0.3 is 5.32 Å². The van der Waals surface area contributed by atoms with E-state index in [0.717, 1.165) is 5.69 Å². The molecule has 0 saturated heterocycles. The van der Waals surface area contributed by atoms with Gasteiger partial charge in [-0.25, -0.2) is 4.98 Å². The van der Waals surface area contributed by atoms with Gasteiger partial charge in [-0.2, -0.15) is 0 Å². The molecule has 2 aromatic rings. The fourth-order valence-electron chi connectivity index (χ4n) is 1.80. The summed E-state index contributed by atoms with van der Waals surface area (Å²) in [5.41, 5.74) is 2.01. The Balaban J connectivity index is 2.53. The lowest BCUT2D eigenvalue weighted by Gasteiger charge is -2.04. The average Bonchev–Trinajstić information content (AvgIpc) is 2.73. The highest BCUT2D eigenvalue weighted by molar-refractivity contribution is 6.30. The van der Waals surface area contributed by atoms with Gasteiger partial charge in [0.05, 0.1) is 5.69 Å². The zero-order valence-electron chi connectivity index (χ0n) is 10.1. The molecule has 4 nitrogen and oxygen atoms in total. The Morgan fingerprint density at radius 3 is 3.11 bits per heavy atom. The van der Waals surface area contributed by atoms with Crippen LogP contribution in [-0.4, -0.2) is 21.8 Å². The molecule has 0 spiro atoms. The van der Waals surface area contributed by atoms with E-state index in [-0.39, 0.29) is 5.91 Å². The smallest absolute Gasteiger partial charge is 0.270 e. The van der Waals surface area contributed by atoms with Crippen LogP contribution < -0.4 is 5.32 Å². The van der Waals surface area contributed by atoms with Crippen LogP contribution in [0.1, 0.15) is 23.1 Å². The van der Waals surface area contributed by atoms with Crippen LogP contribution in [-0.2, 0) is 6.42 Å². The van der Waals surface area contributed by atoms with Gasteiger partial charge in [-0.3, -0.25) is 9.20 Å². The maximum absolute atomic E-state index is 12.1. The van der Waals surface area contributed by atoms with Gasteiger partial charge in [0.1, 0.15) is 11.3 Å². The molecule has 94 valence electrons. The van der Waals surface area contributed by atoms with Gasteiger partial charge in [0.25, 0.3) is 5.91 Å². The number of carbonyl (C=O) groups is 1. The number of halogens is 1. The largest absolute Gasteiger partial charge is 0.347 e. The molecule has 0 radical (unpaired) electrons. The highest BCUT2D eigenvalue weighted by atomic mass is 35.5. The fourth-order valence-corrected chi connectivity index (χ4v) is 1.96. The van der Waals surface area contributed by atoms with Crippen molar-refractivity contribution in [1.82, 2.24) is 14.7 Å². The first-order valence-corrected chi connectivity index (χ1v) is 6.10. The summed E-state index contributed by atoms with van der Waals surface area (Å²) in [6, 6.07) is 3.48. The summed E-state index contributed by atoms with van der Waals surface area (Å²) < 4.78 is 1.75. The van der Waals surface area contributed by atoms with Crippen molar-refractivity contribution in [2.45, 2.75) is 13.3 Å². The van der Waals surface area contributed by atoms with Crippen molar-refractivity contribution in [3.05, 3.63) is 47.4 Å². The molecule has 5 heteroatoms. The maximum Gasteiger partial charge on any atom is 0.270 e. The second-order valence-electron chi connectivity index (χ2n) is 3.83. The number of fused-ring (bicyclic) bond motifs is 1. The summed E-state index contributed by atoms with van der Waals surface area (Å²) in [4.78, 5) is 16.5. The van der Waals surface area contributed by atoms with E-state index >= 15 is 0 Å². The summed E-state index contributed by atoms with van der Waals surface area (Å²) in [7, 11) is 0. The van der Waals surface area contributed by atoms with Crippen molar-refractivity contribution in [3.63, 3.8) is 0 Å². The second-order valence-corrected chi connectivity index (χ2v) is 4.27. The third-order valence-corrected chi connectivity index (χ3v) is 2.85. The lowest BCUT2D eigenvalue weighted by molar-refractivity contribution is 0.0951. The molecule has 0 bridgehead atoms. The number of aromatic nitrogens is 2. The molecule has 2 rings (SSSR count). The van der Waals surface area contributed by atoms with Crippen molar-refractivity contribution in [3.8, 4) is 0 Å². The van der Waals surface area contributed by atoms with Gasteiger partial charge in [-0.15, -0.1) is 6.58 Å². The van der Waals surface area contributed by atoms with Crippen LogP contribution in [0.3, 0.4) is 0 Å². The molecular weight excluding hydrogens is 250 g/mol. The standard InChI is InChI=1S/C13H14ClN3O/c1-3-6-15-13(18)12-10(4-2)16-11-8-9(14)5-7-17(11)12/h3,5,7-8H,1,4,6H2,2H3,(H,15,18). The molecule has 0 saturated carbocycles. The minimum atomic E-state index is -0.151. The Bertz CT molecular complexity index is 604. The van der Waals surface area contributed by atoms with E-state index in [1.807, 2.05) is 6.92 Å². The molecule has 1 N–H and O–H groups in total. The molecule has 0 aliphatic rings. The summed E-state index contributed by atoms with van der Waals surface area (Å²) >= 11 is 5.92. The van der Waals surface area contributed by atoms with E-state index in [0.29, 0.717) is 29.3 Å². The highest BCUT2D eigenvalue weighted by Crippen LogP contribution is 2.17. The Morgan fingerprint density at radius 2 is 2.44 bits per heavy atom. The summed E-state index contributed by atoms with van der Waals surface area (Å²) in [6.07, 6.45) is 4.09. The van der Waals surface area contributed by atoms with Crippen molar-refractivity contribution in [1.29, 1.82) is 0 Å². The second kappa shape index (κ2) is 5.23. The molecule has 0 fully saturated rings. The van der Waals surface area contributed by atoms with E-state index in [1.54, 1.807) is 28.8 Å². The predicted molar refractivity (Wildman–Crippen MR) is 72.1 cm³/mol. The number of imidazole rings is 1. The van der Waals surface area contributed by atoms with Crippen LogP contribution in [0, 0.1) is 0 Å². The SMILES string of the molecule is C=CCNC(=O)c1c(CC)nc2cc(Cl)ccn12. The first-order chi connectivity index (χ1) is 8.67. The van der Waals surface area contributed by atoms with E-state index in [2.05, 4.69) is 16.9 Å². The minimum absolute atomic E-state index is 0.151. The van der Waals surface area contributed by atoms with Gasteiger partial charge in [0.15, 0.2) is 0 Å². The van der Waals surface area contributed by atoms with E-state index < -0.39 is 0 Å². The van der Waals surface area contributed by atoms with Crippen LogP contribution in [0.2, 0.25) is 5.02 Å². The Labute approximate surface area is 110 Å². The third kappa shape index (κ3) is 2.24. The molecule has 0 aliphatic carbocycles. The van der Waals surface area contributed by atoms with E-state index in [9.17, 15) is 4.79 Å². The first-order valence-electron chi connectivity index (χ1n) is 5.73. The highest BCUT2D eigenvalue weighted by Gasteiger charge is 2.17. The zero-order valence-corrected chi connectivity index (χ0v) is 10.9. The lowest BCUT2D eigenvalue weighted by Crippen LogP contribution is -2.25. The van der Waals surface area contributed by atoms with Crippen molar-refractivity contribution in [2.75, 3.05) is 6.54 Å². The van der Waals surface area contributed by atoms with Gasteiger partial charge in [-0.05, 0) is 12.5 Å². The molecule has 0 aliphatic heterocycles. The zero-order chi connectivity index (χ0) is 13.1. The summed E-state index contributed by atoms with van der Waals surface area (Å²) in [5, 5.41) is 3.37. The first kappa shape index (κ1) is 12.6. The quantitative estimate of drug-likeness (QED) is 0.862. The molecule has 1 amide bonds. The number of rotatable bonds is 4. The predicted octanol–water partition coefficient (Wildman–Crippen LogP) is 2.47. The molecule has 2 aromatic heterocycles. The minimum Gasteiger partial charge on any atom is -0.347 e. The van der Waals surface area contributed by atoms with Crippen molar-refractivity contribution < 1.29 is 4.79 Å². The lowest BCUT2D eigenvalue weighted by atomic mass is 10.2. The molecular formula is C13H14ClN3O. The number of carbonyl (C=O) groups excluding carboxylic acids is 1. The molecule has 0 unspecified atom stereocenters. The normalized spacial score (nSPS) is 10.6. The van der Waals surface area contributed by atoms with E-state index in [4.69, 9.17) is 11.6 Å². The van der Waals surface area contributed by atoms with E-state index in [1.165, 1.54) is 0 Å². The number of hydrogen-bond donors (Lipinski definition) is 1. The van der Waals surface area contributed by atoms with Gasteiger partial charge in [0, 0.05) is 23.8 Å². The Hall–Kier alpha value is -1.81. The molecule has 18 heavy (non-hydrogen) atoms. The van der Waals surface area contributed by atoms with Crippen LogP contribution in [0.4, 0.5) is 0 Å². The number of amides is 1. The maximum atomic E-state index is 12.1. The average molecular weight is 264 g/mol. The van der Waals surface area contributed by atoms with Gasteiger partial charge in [-0.1, -0.05) is 24.6 Å². The van der Waals surface area contributed by atoms with Crippen LogP contribution >= 0.6 is 11.6 Å². The fraction of sp³-hybridized carbons (Fsp3) is 0.231. The number of nitrogens with zero attached hydrogens (tertiary/aromatic N) is 2. The van der Waals surface area contributed by atoms with Crippen LogP contribution in [0.5, 0.6) is 0 Å². The number of hydrogen-bond acceptors (Lipinski definition) is 2. The summed E-state index contributed by atoms with van der Waals surface area (Å²) in [5.74, 6) is -0.151. The van der Waals surface area contributed by atoms with Crippen LogP contribution in [0.25, 0.3) is 5.65 Å². The van der Waals surface area contributed by atoms with Crippen molar-refractivity contribution in [2.24, 2.45) is 0 Å². The monoisotopic (exact) mass is 263 g/mol. The van der Waals surface area contributed by atoms with Gasteiger partial charge in [0.2, 0.25) is 0 Å². The third-order valence-electron chi connectivity index (χ3n) is 2.62. The molecule has 0 atom stereocenters. The number of aryl methyl sites for hydroxylation is 1. The molecule has 0 aromatic carbocycles. The Morgan fingerprint density at radius 1 is 1.67 bits per heavy atom. The molecule has 2 heterocycles. The van der Waals surface area contributed by atoms with Crippen molar-refractivity contribution >= 4 is 23.2 Å².